The van der Waals surface area contributed by atoms with E-state index in [-0.39, 0.29) is 18.0 Å². The third kappa shape index (κ3) is 45.5. The van der Waals surface area contributed by atoms with Crippen LogP contribution in [-0.2, 0) is 19.1 Å². The molecule has 0 radical (unpaired) electrons. The fourth-order valence-electron chi connectivity index (χ4n) is 7.86. The largest absolute Gasteiger partial charge is 0.463 e. The van der Waals surface area contributed by atoms with E-state index in [4.69, 9.17) is 9.47 Å². The number of nitrogens with zero attached hydrogens (tertiary/aromatic N) is 1. The summed E-state index contributed by atoms with van der Waals surface area (Å²) in [6.07, 6.45) is 56.7. The molecule has 1 atom stereocenters. The summed E-state index contributed by atoms with van der Waals surface area (Å²) in [6.45, 7) is 8.26. The van der Waals surface area contributed by atoms with E-state index in [0.29, 0.717) is 13.0 Å². The summed E-state index contributed by atoms with van der Waals surface area (Å²) in [5.74, 6) is -0.132. The summed E-state index contributed by atoms with van der Waals surface area (Å²) < 4.78 is 11.7. The van der Waals surface area contributed by atoms with Gasteiger partial charge in [-0.15, -0.1) is 0 Å². The Hall–Kier alpha value is -1.88. The highest BCUT2D eigenvalue weighted by Gasteiger charge is 2.14. The summed E-state index contributed by atoms with van der Waals surface area (Å²) in [5.41, 5.74) is 1.31. The van der Waals surface area contributed by atoms with Gasteiger partial charge in [0.1, 0.15) is 6.10 Å². The Balaban J connectivity index is 4.21. The number of carbonyl (C=O) groups excluding carboxylic acids is 2. The normalized spacial score (nSPS) is 12.7. The zero-order valence-corrected chi connectivity index (χ0v) is 40.3. The monoisotopic (exact) mass is 828 g/mol. The van der Waals surface area contributed by atoms with Gasteiger partial charge < -0.3 is 14.4 Å². The van der Waals surface area contributed by atoms with Crippen molar-refractivity contribution in [3.8, 4) is 0 Å². The maximum Gasteiger partial charge on any atom is 0.330 e. The van der Waals surface area contributed by atoms with E-state index < -0.39 is 0 Å². The number of hydrogen-bond acceptors (Lipinski definition) is 5. The molecule has 0 aliphatic heterocycles. The molecule has 0 bridgehead atoms. The van der Waals surface area contributed by atoms with Crippen LogP contribution in [-0.4, -0.2) is 50.2 Å². The molecule has 0 aromatic heterocycles. The Morgan fingerprint density at radius 2 is 0.898 bits per heavy atom. The van der Waals surface area contributed by atoms with Crippen molar-refractivity contribution in [2.45, 2.75) is 271 Å². The summed E-state index contributed by atoms with van der Waals surface area (Å²) in [4.78, 5) is 27.4. The first-order chi connectivity index (χ1) is 28.9. The molecule has 0 saturated heterocycles. The number of ether oxygens (including phenoxy) is 2. The van der Waals surface area contributed by atoms with Crippen LogP contribution >= 0.6 is 0 Å². The second-order valence-corrected chi connectivity index (χ2v) is 18.0. The molecule has 0 rings (SSSR count). The van der Waals surface area contributed by atoms with Gasteiger partial charge in [-0.3, -0.25) is 4.79 Å². The molecular formula is C54H101NO4. The fraction of sp³-hybridized carbons (Fsp3) is 0.852. The number of allylic oxidation sites excluding steroid dienone is 5. The predicted octanol–water partition coefficient (Wildman–Crippen LogP) is 16.9. The number of hydrogen-bond donors (Lipinski definition) is 0. The van der Waals surface area contributed by atoms with Gasteiger partial charge in [0.15, 0.2) is 0 Å². The van der Waals surface area contributed by atoms with E-state index in [9.17, 15) is 9.59 Å². The zero-order chi connectivity index (χ0) is 43.1. The molecule has 0 aromatic carbocycles. The van der Waals surface area contributed by atoms with Gasteiger partial charge in [-0.25, -0.2) is 4.79 Å². The fourth-order valence-corrected chi connectivity index (χ4v) is 7.86. The first-order valence-corrected chi connectivity index (χ1v) is 25.9. The summed E-state index contributed by atoms with van der Waals surface area (Å²) in [5, 5.41) is 0. The van der Waals surface area contributed by atoms with Crippen LogP contribution in [0.15, 0.2) is 36.0 Å². The van der Waals surface area contributed by atoms with Crippen LogP contribution in [0.4, 0.5) is 0 Å². The highest BCUT2D eigenvalue weighted by Crippen LogP contribution is 2.20. The Morgan fingerprint density at radius 3 is 1.41 bits per heavy atom. The Morgan fingerprint density at radius 1 is 0.475 bits per heavy atom. The molecule has 0 fully saturated rings. The smallest absolute Gasteiger partial charge is 0.330 e. The van der Waals surface area contributed by atoms with E-state index in [1.165, 1.54) is 179 Å². The Bertz CT molecular complexity index is 985. The van der Waals surface area contributed by atoms with Crippen LogP contribution in [0.2, 0.25) is 0 Å². The van der Waals surface area contributed by atoms with Gasteiger partial charge >= 0.3 is 11.9 Å². The lowest BCUT2D eigenvalue weighted by molar-refractivity contribution is -0.150. The van der Waals surface area contributed by atoms with Crippen LogP contribution < -0.4 is 0 Å². The van der Waals surface area contributed by atoms with Crippen LogP contribution in [0, 0.1) is 0 Å². The summed E-state index contributed by atoms with van der Waals surface area (Å²) in [7, 11) is 4.11. The molecule has 0 amide bonds. The second-order valence-electron chi connectivity index (χ2n) is 18.0. The molecule has 0 N–H and O–H groups in total. The van der Waals surface area contributed by atoms with Gasteiger partial charge in [0.05, 0.1) is 6.61 Å². The van der Waals surface area contributed by atoms with E-state index in [0.717, 1.165) is 70.8 Å². The maximum absolute atomic E-state index is 12.6. The van der Waals surface area contributed by atoms with E-state index in [2.05, 4.69) is 64.1 Å². The molecule has 346 valence electrons. The molecule has 0 heterocycles. The molecule has 0 saturated carbocycles. The molecule has 0 aromatic rings. The molecule has 59 heavy (non-hydrogen) atoms. The number of rotatable bonds is 46. The average Bonchev–Trinajstić information content (AvgIpc) is 3.21. The standard InChI is InChI=1S/C54H101NO4/c1-6-9-12-15-17-18-19-20-21-22-23-24-26-29-34-39-45-52(59-53(56)47-42-48-55(4)5)46-40-35-30-27-25-28-31-36-41-49-58-54(57)50-51(43-37-32-14-11-8-3)44-38-33-16-13-10-7-2/h17-18,20-21,50,52H,6-16,19,22-49H2,1-5H3/b18-17-,21-20-,51-50+. The quantitative estimate of drug-likeness (QED) is 0.0265. The predicted molar refractivity (Wildman–Crippen MR) is 258 cm³/mol. The third-order valence-corrected chi connectivity index (χ3v) is 11.7. The van der Waals surface area contributed by atoms with Crippen molar-refractivity contribution in [1.82, 2.24) is 4.90 Å². The van der Waals surface area contributed by atoms with Gasteiger partial charge in [-0.1, -0.05) is 192 Å². The van der Waals surface area contributed by atoms with Crippen molar-refractivity contribution in [3.63, 3.8) is 0 Å². The van der Waals surface area contributed by atoms with Crippen LogP contribution in [0.1, 0.15) is 265 Å². The molecule has 0 aliphatic carbocycles. The molecule has 0 aliphatic rings. The highest BCUT2D eigenvalue weighted by atomic mass is 16.5. The first kappa shape index (κ1) is 57.1. The zero-order valence-electron chi connectivity index (χ0n) is 40.3. The van der Waals surface area contributed by atoms with Crippen molar-refractivity contribution in [3.05, 3.63) is 36.0 Å². The van der Waals surface area contributed by atoms with Crippen molar-refractivity contribution in [2.24, 2.45) is 0 Å². The molecular weight excluding hydrogens is 727 g/mol. The SMILES string of the molecule is CCCCC/C=C\C/C=C\CCCCCCCCC(CCCCCCCCCCCOC(=O)/C=C(\CCCCCCC)CCCCCCCC)OC(=O)CCCN(C)C. The van der Waals surface area contributed by atoms with E-state index in [1.807, 2.05) is 6.08 Å². The van der Waals surface area contributed by atoms with E-state index >= 15 is 0 Å². The maximum atomic E-state index is 12.6. The molecule has 5 nitrogen and oxygen atoms in total. The van der Waals surface area contributed by atoms with Crippen LogP contribution in [0.5, 0.6) is 0 Å². The van der Waals surface area contributed by atoms with Gasteiger partial charge in [0, 0.05) is 12.5 Å². The van der Waals surface area contributed by atoms with Gasteiger partial charge in [0.25, 0.3) is 0 Å². The van der Waals surface area contributed by atoms with Crippen molar-refractivity contribution >= 4 is 11.9 Å². The molecule has 1 unspecified atom stereocenters. The lowest BCUT2D eigenvalue weighted by atomic mass is 9.99. The minimum Gasteiger partial charge on any atom is -0.463 e. The average molecular weight is 828 g/mol. The summed E-state index contributed by atoms with van der Waals surface area (Å²) in [6, 6.07) is 0. The minimum absolute atomic E-state index is 0.00969. The molecule has 5 heteroatoms. The van der Waals surface area contributed by atoms with Crippen molar-refractivity contribution in [2.75, 3.05) is 27.2 Å². The lowest BCUT2D eigenvalue weighted by Crippen LogP contribution is -2.20. The highest BCUT2D eigenvalue weighted by molar-refractivity contribution is 5.82. The molecule has 0 spiro atoms. The van der Waals surface area contributed by atoms with Crippen molar-refractivity contribution in [1.29, 1.82) is 0 Å². The van der Waals surface area contributed by atoms with Crippen LogP contribution in [0.3, 0.4) is 0 Å². The lowest BCUT2D eigenvalue weighted by Gasteiger charge is -2.18. The van der Waals surface area contributed by atoms with E-state index in [1.54, 1.807) is 0 Å². The number of unbranched alkanes of at least 4 members (excludes halogenated alkanes) is 26. The third-order valence-electron chi connectivity index (χ3n) is 11.7. The van der Waals surface area contributed by atoms with Gasteiger partial charge in [-0.05, 0) is 117 Å². The number of carbonyl (C=O) groups is 2. The number of esters is 2. The second kappa shape index (κ2) is 47.2. The van der Waals surface area contributed by atoms with Crippen LogP contribution in [0.25, 0.3) is 0 Å². The Labute approximate surface area is 368 Å². The van der Waals surface area contributed by atoms with Crippen molar-refractivity contribution < 1.29 is 19.1 Å². The summed E-state index contributed by atoms with van der Waals surface area (Å²) >= 11 is 0. The minimum atomic E-state index is -0.123. The topological polar surface area (TPSA) is 55.8 Å². The Kier molecular flexibility index (Phi) is 45.7. The first-order valence-electron chi connectivity index (χ1n) is 25.9. The van der Waals surface area contributed by atoms with Gasteiger partial charge in [-0.2, -0.15) is 0 Å². The van der Waals surface area contributed by atoms with Gasteiger partial charge in [0.2, 0.25) is 0 Å².